The average molecular weight is 331 g/mol. The van der Waals surface area contributed by atoms with Crippen molar-refractivity contribution in [1.29, 1.82) is 0 Å². The quantitative estimate of drug-likeness (QED) is 0.839. The summed E-state index contributed by atoms with van der Waals surface area (Å²) in [5.41, 5.74) is 0. The fourth-order valence-corrected chi connectivity index (χ4v) is 3.96. The minimum atomic E-state index is -0.433. The molecule has 1 amide bonds. The highest BCUT2D eigenvalue weighted by atomic mass is 16.3. The molecule has 24 heavy (non-hydrogen) atoms. The second-order valence-corrected chi connectivity index (χ2v) is 7.09. The fourth-order valence-electron chi connectivity index (χ4n) is 3.96. The largest absolute Gasteiger partial charge is 0.390 e. The lowest BCUT2D eigenvalue weighted by molar-refractivity contribution is -0.137. The number of aliphatic hydroxyl groups is 1. The van der Waals surface area contributed by atoms with Crippen LogP contribution in [0.4, 0.5) is 5.82 Å². The molecule has 2 atom stereocenters. The predicted octanol–water partition coefficient (Wildman–Crippen LogP) is -0.0296. The van der Waals surface area contributed by atoms with E-state index in [1.807, 2.05) is 4.90 Å². The summed E-state index contributed by atoms with van der Waals surface area (Å²) < 4.78 is 0. The molecule has 0 bridgehead atoms. The normalized spacial score (nSPS) is 28.9. The Labute approximate surface area is 142 Å². The zero-order valence-corrected chi connectivity index (χ0v) is 13.9. The molecule has 0 aromatic carbocycles. The summed E-state index contributed by atoms with van der Waals surface area (Å²) in [6, 6.07) is 0.0676. The second-order valence-electron chi connectivity index (χ2n) is 7.09. The summed E-state index contributed by atoms with van der Waals surface area (Å²) in [7, 11) is 0. The van der Waals surface area contributed by atoms with Gasteiger partial charge in [-0.15, -0.1) is 0 Å². The van der Waals surface area contributed by atoms with E-state index in [-0.39, 0.29) is 17.9 Å². The molecule has 1 saturated carbocycles. The SMILES string of the molecule is O=C(C1CCC1)N1C[C@H](O)[C@@H](N2CCN(c3cnccn3)CC2)C1. The van der Waals surface area contributed by atoms with Gasteiger partial charge in [0, 0.05) is 57.6 Å². The highest BCUT2D eigenvalue weighted by molar-refractivity contribution is 5.80. The molecule has 0 spiro atoms. The van der Waals surface area contributed by atoms with E-state index >= 15 is 0 Å². The lowest BCUT2D eigenvalue weighted by Crippen LogP contribution is -2.54. The van der Waals surface area contributed by atoms with Crippen molar-refractivity contribution < 1.29 is 9.90 Å². The third-order valence-electron chi connectivity index (χ3n) is 5.68. The van der Waals surface area contributed by atoms with Gasteiger partial charge in [0.2, 0.25) is 5.91 Å². The summed E-state index contributed by atoms with van der Waals surface area (Å²) in [6.45, 7) is 4.66. The number of aliphatic hydroxyl groups excluding tert-OH is 1. The van der Waals surface area contributed by atoms with E-state index in [0.29, 0.717) is 13.1 Å². The zero-order chi connectivity index (χ0) is 16.5. The number of anilines is 1. The van der Waals surface area contributed by atoms with Gasteiger partial charge in [-0.05, 0) is 12.8 Å². The molecule has 1 N–H and O–H groups in total. The van der Waals surface area contributed by atoms with Crippen LogP contribution in [0, 0.1) is 5.92 Å². The third kappa shape index (κ3) is 2.98. The van der Waals surface area contributed by atoms with Crippen molar-refractivity contribution in [3.8, 4) is 0 Å². The van der Waals surface area contributed by atoms with Crippen molar-refractivity contribution in [1.82, 2.24) is 19.8 Å². The Morgan fingerprint density at radius 1 is 1.12 bits per heavy atom. The van der Waals surface area contributed by atoms with Crippen LogP contribution in [0.15, 0.2) is 18.6 Å². The number of piperazine rings is 1. The smallest absolute Gasteiger partial charge is 0.225 e. The first-order chi connectivity index (χ1) is 11.7. The minimum Gasteiger partial charge on any atom is -0.390 e. The standard InChI is InChI=1S/C17H25N5O2/c23-15-12-22(17(24)13-2-1-3-13)11-14(15)20-6-8-21(9-7-20)16-10-18-4-5-19-16/h4-5,10,13-15,23H,1-3,6-9,11-12H2/t14-,15-/m0/s1. The van der Waals surface area contributed by atoms with E-state index in [4.69, 9.17) is 0 Å². The van der Waals surface area contributed by atoms with Crippen LogP contribution in [-0.4, -0.2) is 82.2 Å². The number of hydrogen-bond donors (Lipinski definition) is 1. The molecule has 7 heteroatoms. The summed E-state index contributed by atoms with van der Waals surface area (Å²) in [4.78, 5) is 27.3. The molecule has 7 nitrogen and oxygen atoms in total. The maximum absolute atomic E-state index is 12.4. The number of likely N-dealkylation sites (tertiary alicyclic amines) is 1. The molecular weight excluding hydrogens is 306 g/mol. The molecule has 4 rings (SSSR count). The molecule has 0 radical (unpaired) electrons. The van der Waals surface area contributed by atoms with Crippen LogP contribution in [0.5, 0.6) is 0 Å². The van der Waals surface area contributed by atoms with Gasteiger partial charge < -0.3 is 14.9 Å². The lowest BCUT2D eigenvalue weighted by atomic mass is 9.84. The van der Waals surface area contributed by atoms with Gasteiger partial charge in [-0.3, -0.25) is 14.7 Å². The molecule has 1 aromatic heterocycles. The lowest BCUT2D eigenvalue weighted by Gasteiger charge is -2.39. The predicted molar refractivity (Wildman–Crippen MR) is 89.5 cm³/mol. The highest BCUT2D eigenvalue weighted by Gasteiger charge is 2.41. The van der Waals surface area contributed by atoms with Crippen molar-refractivity contribution in [2.24, 2.45) is 5.92 Å². The molecule has 2 aliphatic heterocycles. The topological polar surface area (TPSA) is 72.8 Å². The molecular formula is C17H25N5O2. The number of carbonyl (C=O) groups is 1. The van der Waals surface area contributed by atoms with Gasteiger partial charge in [-0.1, -0.05) is 6.42 Å². The van der Waals surface area contributed by atoms with Gasteiger partial charge in [0.15, 0.2) is 0 Å². The summed E-state index contributed by atoms with van der Waals surface area (Å²) in [5.74, 6) is 1.37. The van der Waals surface area contributed by atoms with Crippen molar-refractivity contribution in [2.75, 3.05) is 44.2 Å². The van der Waals surface area contributed by atoms with Gasteiger partial charge in [-0.2, -0.15) is 0 Å². The van der Waals surface area contributed by atoms with Gasteiger partial charge in [-0.25, -0.2) is 4.98 Å². The van der Waals surface area contributed by atoms with E-state index < -0.39 is 6.10 Å². The van der Waals surface area contributed by atoms with Gasteiger partial charge in [0.25, 0.3) is 0 Å². The first-order valence-corrected chi connectivity index (χ1v) is 8.94. The number of rotatable bonds is 3. The van der Waals surface area contributed by atoms with E-state index in [9.17, 15) is 9.90 Å². The average Bonchev–Trinajstić information content (AvgIpc) is 2.96. The van der Waals surface area contributed by atoms with Crippen LogP contribution in [-0.2, 0) is 4.79 Å². The fraction of sp³-hybridized carbons (Fsp3) is 0.706. The third-order valence-corrected chi connectivity index (χ3v) is 5.68. The van der Waals surface area contributed by atoms with Crippen LogP contribution in [0.2, 0.25) is 0 Å². The Hall–Kier alpha value is -1.73. The van der Waals surface area contributed by atoms with Crippen LogP contribution < -0.4 is 4.90 Å². The van der Waals surface area contributed by atoms with Gasteiger partial charge >= 0.3 is 0 Å². The molecule has 130 valence electrons. The maximum Gasteiger partial charge on any atom is 0.225 e. The Kier molecular flexibility index (Phi) is 4.37. The van der Waals surface area contributed by atoms with E-state index in [1.165, 1.54) is 6.42 Å². The molecule has 3 fully saturated rings. The zero-order valence-electron chi connectivity index (χ0n) is 13.9. The summed E-state index contributed by atoms with van der Waals surface area (Å²) in [6.07, 6.45) is 7.96. The monoisotopic (exact) mass is 331 g/mol. The van der Waals surface area contributed by atoms with Crippen molar-refractivity contribution in [2.45, 2.75) is 31.4 Å². The van der Waals surface area contributed by atoms with Crippen molar-refractivity contribution in [3.63, 3.8) is 0 Å². The van der Waals surface area contributed by atoms with Crippen molar-refractivity contribution >= 4 is 11.7 Å². The van der Waals surface area contributed by atoms with Crippen LogP contribution in [0.3, 0.4) is 0 Å². The van der Waals surface area contributed by atoms with Gasteiger partial charge in [0.1, 0.15) is 5.82 Å². The molecule has 3 aliphatic rings. The van der Waals surface area contributed by atoms with Crippen molar-refractivity contribution in [3.05, 3.63) is 18.6 Å². The molecule has 1 aliphatic carbocycles. The second kappa shape index (κ2) is 6.64. The Morgan fingerprint density at radius 3 is 2.54 bits per heavy atom. The number of β-amino-alcohol motifs (C(OH)–C–C–N with tert-alkyl or cyclic N) is 1. The Balaban J connectivity index is 1.33. The Bertz CT molecular complexity index is 572. The molecule has 1 aromatic rings. The number of aromatic nitrogens is 2. The van der Waals surface area contributed by atoms with E-state index in [1.54, 1.807) is 18.6 Å². The highest BCUT2D eigenvalue weighted by Crippen LogP contribution is 2.30. The number of amides is 1. The molecule has 0 unspecified atom stereocenters. The minimum absolute atomic E-state index is 0.0676. The van der Waals surface area contributed by atoms with Crippen LogP contribution >= 0.6 is 0 Å². The Morgan fingerprint density at radius 2 is 1.92 bits per heavy atom. The summed E-state index contributed by atoms with van der Waals surface area (Å²) in [5, 5.41) is 10.4. The first-order valence-electron chi connectivity index (χ1n) is 8.94. The van der Waals surface area contributed by atoms with E-state index in [2.05, 4.69) is 19.8 Å². The van der Waals surface area contributed by atoms with Crippen LogP contribution in [0.1, 0.15) is 19.3 Å². The molecule has 2 saturated heterocycles. The number of carbonyl (C=O) groups excluding carboxylic acids is 1. The van der Waals surface area contributed by atoms with E-state index in [0.717, 1.165) is 44.8 Å². The maximum atomic E-state index is 12.4. The van der Waals surface area contributed by atoms with Crippen LogP contribution in [0.25, 0.3) is 0 Å². The first kappa shape index (κ1) is 15.8. The number of nitrogens with zero attached hydrogens (tertiary/aromatic N) is 5. The molecule has 3 heterocycles. The van der Waals surface area contributed by atoms with Gasteiger partial charge in [0.05, 0.1) is 18.3 Å². The summed E-state index contributed by atoms with van der Waals surface area (Å²) >= 11 is 0. The number of hydrogen-bond acceptors (Lipinski definition) is 6.